The van der Waals surface area contributed by atoms with E-state index in [0.717, 1.165) is 37.8 Å². The molecule has 0 radical (unpaired) electrons. The number of aliphatic imine (C=N–C) groups is 1. The van der Waals surface area contributed by atoms with Gasteiger partial charge in [0.1, 0.15) is 11.9 Å². The Balaban J connectivity index is 1.43. The Hall–Kier alpha value is -1.75. The number of benzene rings is 1. The molecule has 5 nitrogen and oxygen atoms in total. The molecular formula is C19H30N4O. The number of likely N-dealkylation sites (tertiary alicyclic amines) is 1. The largest absolute Gasteiger partial charge is 0.488 e. The fourth-order valence-corrected chi connectivity index (χ4v) is 3.41. The van der Waals surface area contributed by atoms with Crippen molar-refractivity contribution in [1.82, 2.24) is 15.5 Å². The molecule has 1 fully saturated rings. The molecule has 3 rings (SSSR count). The van der Waals surface area contributed by atoms with E-state index in [1.807, 2.05) is 12.1 Å². The van der Waals surface area contributed by atoms with Gasteiger partial charge in [0.25, 0.3) is 0 Å². The number of fused-ring (bicyclic) bond motifs is 1. The van der Waals surface area contributed by atoms with E-state index in [0.29, 0.717) is 6.54 Å². The molecule has 0 spiro atoms. The first-order valence-electron chi connectivity index (χ1n) is 9.34. The molecule has 0 aliphatic carbocycles. The minimum Gasteiger partial charge on any atom is -0.488 e. The topological polar surface area (TPSA) is 48.9 Å². The zero-order valence-electron chi connectivity index (χ0n) is 14.8. The summed E-state index contributed by atoms with van der Waals surface area (Å²) >= 11 is 0. The molecule has 0 saturated carbocycles. The van der Waals surface area contributed by atoms with Crippen LogP contribution in [-0.4, -0.2) is 56.2 Å². The highest BCUT2D eigenvalue weighted by atomic mass is 16.5. The van der Waals surface area contributed by atoms with E-state index in [-0.39, 0.29) is 6.10 Å². The van der Waals surface area contributed by atoms with Gasteiger partial charge in [-0.05, 0) is 44.5 Å². The molecule has 1 atom stereocenters. The van der Waals surface area contributed by atoms with Gasteiger partial charge >= 0.3 is 0 Å². The number of hydrogen-bond donors (Lipinski definition) is 2. The van der Waals surface area contributed by atoms with E-state index in [9.17, 15) is 0 Å². The molecule has 24 heavy (non-hydrogen) atoms. The lowest BCUT2D eigenvalue weighted by Gasteiger charge is -2.26. The second kappa shape index (κ2) is 8.92. The first-order chi connectivity index (χ1) is 11.8. The molecule has 0 bridgehead atoms. The number of hydrogen-bond acceptors (Lipinski definition) is 3. The van der Waals surface area contributed by atoms with E-state index < -0.39 is 0 Å². The van der Waals surface area contributed by atoms with Gasteiger partial charge in [-0.2, -0.15) is 0 Å². The summed E-state index contributed by atoms with van der Waals surface area (Å²) in [7, 11) is 0. The third-order valence-corrected chi connectivity index (χ3v) is 4.68. The second-order valence-corrected chi connectivity index (χ2v) is 6.60. The summed E-state index contributed by atoms with van der Waals surface area (Å²) < 4.78 is 5.96. The number of guanidine groups is 1. The van der Waals surface area contributed by atoms with Crippen molar-refractivity contribution in [2.75, 3.05) is 39.3 Å². The van der Waals surface area contributed by atoms with Gasteiger partial charge in [-0.3, -0.25) is 0 Å². The minimum atomic E-state index is 0.153. The van der Waals surface area contributed by atoms with Crippen LogP contribution in [0.15, 0.2) is 29.3 Å². The van der Waals surface area contributed by atoms with Crippen LogP contribution in [0.25, 0.3) is 0 Å². The summed E-state index contributed by atoms with van der Waals surface area (Å²) in [6.45, 7) is 8.18. The summed E-state index contributed by atoms with van der Waals surface area (Å²) in [6, 6.07) is 8.28. The molecule has 2 heterocycles. The first kappa shape index (κ1) is 17.1. The summed E-state index contributed by atoms with van der Waals surface area (Å²) in [6.07, 6.45) is 5.17. The number of rotatable bonds is 6. The maximum Gasteiger partial charge on any atom is 0.191 e. The zero-order valence-corrected chi connectivity index (χ0v) is 14.8. The van der Waals surface area contributed by atoms with Crippen molar-refractivity contribution in [2.24, 2.45) is 4.99 Å². The predicted molar refractivity (Wildman–Crippen MR) is 98.8 cm³/mol. The zero-order chi connectivity index (χ0) is 16.6. The molecule has 1 aromatic carbocycles. The average molecular weight is 330 g/mol. The SMILES string of the molecule is CCNC(=NCC1Cc2ccccc2O1)NCCN1CCCCC1. The quantitative estimate of drug-likeness (QED) is 0.619. The van der Waals surface area contributed by atoms with Crippen LogP contribution >= 0.6 is 0 Å². The molecule has 5 heteroatoms. The molecule has 2 aliphatic rings. The van der Waals surface area contributed by atoms with Crippen molar-refractivity contribution >= 4 is 5.96 Å². The highest BCUT2D eigenvalue weighted by Gasteiger charge is 2.21. The monoisotopic (exact) mass is 330 g/mol. The van der Waals surface area contributed by atoms with E-state index in [1.165, 1.54) is 37.9 Å². The number of para-hydroxylation sites is 1. The molecular weight excluding hydrogens is 300 g/mol. The fraction of sp³-hybridized carbons (Fsp3) is 0.632. The fourth-order valence-electron chi connectivity index (χ4n) is 3.41. The van der Waals surface area contributed by atoms with Gasteiger partial charge in [0.05, 0.1) is 6.54 Å². The Morgan fingerprint density at radius 3 is 2.83 bits per heavy atom. The second-order valence-electron chi connectivity index (χ2n) is 6.60. The maximum absolute atomic E-state index is 5.96. The molecule has 1 unspecified atom stereocenters. The lowest BCUT2D eigenvalue weighted by molar-refractivity contribution is 0.232. The number of nitrogens with one attached hydrogen (secondary N) is 2. The van der Waals surface area contributed by atoms with Gasteiger partial charge in [0.15, 0.2) is 5.96 Å². The Kier molecular flexibility index (Phi) is 6.35. The van der Waals surface area contributed by atoms with Crippen LogP contribution in [0.5, 0.6) is 5.75 Å². The van der Waals surface area contributed by atoms with E-state index in [1.54, 1.807) is 0 Å². The Morgan fingerprint density at radius 1 is 1.21 bits per heavy atom. The van der Waals surface area contributed by atoms with Crippen LogP contribution in [0.4, 0.5) is 0 Å². The normalized spacial score (nSPS) is 21.2. The van der Waals surface area contributed by atoms with Crippen LogP contribution in [0.2, 0.25) is 0 Å². The summed E-state index contributed by atoms with van der Waals surface area (Å²) in [5.74, 6) is 1.91. The van der Waals surface area contributed by atoms with Crippen molar-refractivity contribution in [1.29, 1.82) is 0 Å². The minimum absolute atomic E-state index is 0.153. The van der Waals surface area contributed by atoms with Crippen molar-refractivity contribution in [2.45, 2.75) is 38.7 Å². The Morgan fingerprint density at radius 2 is 2.04 bits per heavy atom. The van der Waals surface area contributed by atoms with Crippen LogP contribution in [0.3, 0.4) is 0 Å². The number of piperidine rings is 1. The Labute approximate surface area is 145 Å². The van der Waals surface area contributed by atoms with Gasteiger partial charge in [-0.25, -0.2) is 4.99 Å². The molecule has 1 saturated heterocycles. The van der Waals surface area contributed by atoms with E-state index in [2.05, 4.69) is 34.6 Å². The molecule has 2 aliphatic heterocycles. The van der Waals surface area contributed by atoms with Gasteiger partial charge in [0, 0.05) is 26.1 Å². The smallest absolute Gasteiger partial charge is 0.191 e. The van der Waals surface area contributed by atoms with Crippen molar-refractivity contribution in [3.63, 3.8) is 0 Å². The lowest BCUT2D eigenvalue weighted by Crippen LogP contribution is -2.43. The highest BCUT2D eigenvalue weighted by Crippen LogP contribution is 2.28. The van der Waals surface area contributed by atoms with Gasteiger partial charge in [-0.15, -0.1) is 0 Å². The third kappa shape index (κ3) is 4.87. The summed E-state index contributed by atoms with van der Waals surface area (Å²) in [5, 5.41) is 6.79. The van der Waals surface area contributed by atoms with Crippen molar-refractivity contribution < 1.29 is 4.74 Å². The predicted octanol–water partition coefficient (Wildman–Crippen LogP) is 2.03. The lowest BCUT2D eigenvalue weighted by atomic mass is 10.1. The molecule has 0 amide bonds. The average Bonchev–Trinajstić information content (AvgIpc) is 3.03. The maximum atomic E-state index is 5.96. The number of ether oxygens (including phenoxy) is 1. The Bertz CT molecular complexity index is 515. The highest BCUT2D eigenvalue weighted by molar-refractivity contribution is 5.79. The van der Waals surface area contributed by atoms with E-state index >= 15 is 0 Å². The van der Waals surface area contributed by atoms with Crippen molar-refractivity contribution in [3.05, 3.63) is 29.8 Å². The standard InChI is InChI=1S/C19H30N4O/c1-2-20-19(21-10-13-23-11-6-3-7-12-23)22-15-17-14-16-8-4-5-9-18(16)24-17/h4-5,8-9,17H,2-3,6-7,10-15H2,1H3,(H2,20,21,22). The first-order valence-corrected chi connectivity index (χ1v) is 9.34. The molecule has 0 aromatic heterocycles. The van der Waals surface area contributed by atoms with Crippen LogP contribution in [0, 0.1) is 0 Å². The van der Waals surface area contributed by atoms with Gasteiger partial charge < -0.3 is 20.3 Å². The van der Waals surface area contributed by atoms with E-state index in [4.69, 9.17) is 9.73 Å². The van der Waals surface area contributed by atoms with Crippen molar-refractivity contribution in [3.8, 4) is 5.75 Å². The molecule has 1 aromatic rings. The third-order valence-electron chi connectivity index (χ3n) is 4.68. The molecule has 2 N–H and O–H groups in total. The van der Waals surface area contributed by atoms with Gasteiger partial charge in [0.2, 0.25) is 0 Å². The van der Waals surface area contributed by atoms with Gasteiger partial charge in [-0.1, -0.05) is 24.6 Å². The van der Waals surface area contributed by atoms with Crippen LogP contribution in [0.1, 0.15) is 31.7 Å². The number of nitrogens with zero attached hydrogens (tertiary/aromatic N) is 2. The summed E-state index contributed by atoms with van der Waals surface area (Å²) in [4.78, 5) is 7.25. The molecule has 132 valence electrons. The summed E-state index contributed by atoms with van der Waals surface area (Å²) in [5.41, 5.74) is 1.29. The van der Waals surface area contributed by atoms with Crippen LogP contribution < -0.4 is 15.4 Å². The van der Waals surface area contributed by atoms with Crippen LogP contribution in [-0.2, 0) is 6.42 Å².